The lowest BCUT2D eigenvalue weighted by Crippen LogP contribution is -2.20. The Bertz CT molecular complexity index is 1270. The predicted octanol–water partition coefficient (Wildman–Crippen LogP) is 2.74. The zero-order valence-corrected chi connectivity index (χ0v) is 18.3. The van der Waals surface area contributed by atoms with Crippen molar-refractivity contribution in [2.45, 2.75) is 11.3 Å². The van der Waals surface area contributed by atoms with Crippen LogP contribution in [0, 0.1) is 0 Å². The molecule has 0 aliphatic carbocycles. The van der Waals surface area contributed by atoms with Crippen molar-refractivity contribution >= 4 is 39.1 Å². The van der Waals surface area contributed by atoms with Crippen molar-refractivity contribution in [1.82, 2.24) is 0 Å². The lowest BCUT2D eigenvalue weighted by atomic mass is 9.93. The minimum Gasteiger partial charge on any atom is -0.396 e. The Hall–Kier alpha value is -3.24. The van der Waals surface area contributed by atoms with E-state index < -0.39 is 21.8 Å². The number of sulfonamides is 1. The van der Waals surface area contributed by atoms with E-state index in [4.69, 9.17) is 27.6 Å². The van der Waals surface area contributed by atoms with E-state index in [-0.39, 0.29) is 29.2 Å². The van der Waals surface area contributed by atoms with Crippen LogP contribution in [0.1, 0.15) is 16.8 Å². The predicted molar refractivity (Wildman–Crippen MR) is 123 cm³/mol. The standard InChI is InChI=1S/C22H20ClN3O5S/c23-16-5-1-13(2-6-16)15-11-18(14-3-7-17(8-4-14)32(25,30)31)21(19(12-15)22(24)29)26-20(28)9-10-27/h1-8,11-12,27H,9-10H2,(H2,24,29)(H,26,28)(H2,25,30,31). The quantitative estimate of drug-likeness (QED) is 0.415. The van der Waals surface area contributed by atoms with Crippen molar-refractivity contribution in [2.24, 2.45) is 10.9 Å². The summed E-state index contributed by atoms with van der Waals surface area (Å²) in [6.45, 7) is -0.376. The van der Waals surface area contributed by atoms with E-state index in [1.165, 1.54) is 24.3 Å². The third-order valence-electron chi connectivity index (χ3n) is 4.68. The molecule has 0 saturated heterocycles. The molecule has 0 radical (unpaired) electrons. The van der Waals surface area contributed by atoms with Crippen LogP contribution in [0.5, 0.6) is 0 Å². The van der Waals surface area contributed by atoms with Gasteiger partial charge in [0.1, 0.15) is 0 Å². The number of rotatable bonds is 7. The van der Waals surface area contributed by atoms with Crippen molar-refractivity contribution in [3.05, 3.63) is 71.2 Å². The molecule has 0 bridgehead atoms. The summed E-state index contributed by atoms with van der Waals surface area (Å²) in [4.78, 5) is 24.4. The summed E-state index contributed by atoms with van der Waals surface area (Å²) >= 11 is 5.97. The number of anilines is 1. The molecule has 8 nitrogen and oxygen atoms in total. The summed E-state index contributed by atoms with van der Waals surface area (Å²) in [5, 5.41) is 17.4. The van der Waals surface area contributed by atoms with Crippen LogP contribution in [0.2, 0.25) is 5.02 Å². The third kappa shape index (κ3) is 5.32. The van der Waals surface area contributed by atoms with Crippen LogP contribution in [-0.2, 0) is 14.8 Å². The van der Waals surface area contributed by atoms with Gasteiger partial charge < -0.3 is 16.2 Å². The minimum absolute atomic E-state index is 0.0502. The van der Waals surface area contributed by atoms with Crippen LogP contribution >= 0.6 is 11.6 Å². The second-order valence-electron chi connectivity index (χ2n) is 6.91. The molecule has 3 aromatic rings. The van der Waals surface area contributed by atoms with E-state index in [0.717, 1.165) is 5.56 Å². The Kier molecular flexibility index (Phi) is 6.95. The number of benzene rings is 3. The molecule has 0 heterocycles. The second kappa shape index (κ2) is 9.49. The van der Waals surface area contributed by atoms with Gasteiger partial charge in [-0.2, -0.15) is 0 Å². The van der Waals surface area contributed by atoms with Gasteiger partial charge in [-0.1, -0.05) is 35.9 Å². The average Bonchev–Trinajstić information content (AvgIpc) is 2.74. The zero-order chi connectivity index (χ0) is 23.5. The van der Waals surface area contributed by atoms with Crippen molar-refractivity contribution in [3.8, 4) is 22.3 Å². The molecule has 0 aliphatic heterocycles. The largest absolute Gasteiger partial charge is 0.396 e. The van der Waals surface area contributed by atoms with Gasteiger partial charge in [0.05, 0.1) is 29.2 Å². The summed E-state index contributed by atoms with van der Waals surface area (Å²) in [6.07, 6.45) is -0.180. The molecular weight excluding hydrogens is 454 g/mol. The smallest absolute Gasteiger partial charge is 0.250 e. The lowest BCUT2D eigenvalue weighted by Gasteiger charge is -2.17. The SMILES string of the molecule is NC(=O)c1cc(-c2ccc(Cl)cc2)cc(-c2ccc(S(N)(=O)=O)cc2)c1NC(=O)CCO. The molecule has 2 amide bonds. The number of nitrogens with one attached hydrogen (secondary N) is 1. The third-order valence-corrected chi connectivity index (χ3v) is 5.86. The Morgan fingerprint density at radius 1 is 0.938 bits per heavy atom. The molecule has 0 spiro atoms. The van der Waals surface area contributed by atoms with E-state index in [1.807, 2.05) is 0 Å². The lowest BCUT2D eigenvalue weighted by molar-refractivity contribution is -0.116. The van der Waals surface area contributed by atoms with Crippen LogP contribution in [0.3, 0.4) is 0 Å². The van der Waals surface area contributed by atoms with E-state index in [2.05, 4.69) is 5.32 Å². The molecule has 0 unspecified atom stereocenters. The monoisotopic (exact) mass is 473 g/mol. The maximum absolute atomic E-state index is 12.3. The molecule has 6 N–H and O–H groups in total. The molecule has 0 atom stereocenters. The van der Waals surface area contributed by atoms with E-state index >= 15 is 0 Å². The Morgan fingerprint density at radius 2 is 1.53 bits per heavy atom. The van der Waals surface area contributed by atoms with Crippen LogP contribution < -0.4 is 16.2 Å². The number of halogens is 1. The number of hydrogen-bond acceptors (Lipinski definition) is 5. The normalized spacial score (nSPS) is 11.2. The van der Waals surface area contributed by atoms with E-state index in [9.17, 15) is 18.0 Å². The summed E-state index contributed by atoms with van der Waals surface area (Å²) < 4.78 is 23.2. The minimum atomic E-state index is -3.90. The fourth-order valence-corrected chi connectivity index (χ4v) is 3.78. The highest BCUT2D eigenvalue weighted by molar-refractivity contribution is 7.89. The van der Waals surface area contributed by atoms with Crippen LogP contribution in [-0.4, -0.2) is 31.9 Å². The van der Waals surface area contributed by atoms with Crippen molar-refractivity contribution in [2.75, 3.05) is 11.9 Å². The fraction of sp³-hybridized carbons (Fsp3) is 0.0909. The molecule has 10 heteroatoms. The number of primary sulfonamides is 1. The van der Waals surface area contributed by atoms with Gasteiger partial charge in [-0.25, -0.2) is 13.6 Å². The number of amides is 2. The van der Waals surface area contributed by atoms with Gasteiger partial charge in [-0.3, -0.25) is 9.59 Å². The first-order chi connectivity index (χ1) is 15.1. The van der Waals surface area contributed by atoms with Crippen LogP contribution in [0.25, 0.3) is 22.3 Å². The topological polar surface area (TPSA) is 153 Å². The van der Waals surface area contributed by atoms with Gasteiger partial charge in [0.2, 0.25) is 15.9 Å². The first-order valence-corrected chi connectivity index (χ1v) is 11.3. The van der Waals surface area contributed by atoms with E-state index in [0.29, 0.717) is 21.7 Å². The van der Waals surface area contributed by atoms with E-state index in [1.54, 1.807) is 36.4 Å². The maximum Gasteiger partial charge on any atom is 0.250 e. The molecule has 32 heavy (non-hydrogen) atoms. The number of aliphatic hydroxyl groups is 1. The number of nitrogens with two attached hydrogens (primary N) is 2. The van der Waals surface area contributed by atoms with Gasteiger partial charge >= 0.3 is 0 Å². The Morgan fingerprint density at radius 3 is 2.06 bits per heavy atom. The van der Waals surface area contributed by atoms with Gasteiger partial charge in [-0.15, -0.1) is 0 Å². The van der Waals surface area contributed by atoms with Crippen molar-refractivity contribution in [1.29, 1.82) is 0 Å². The van der Waals surface area contributed by atoms with Gasteiger partial charge in [0.25, 0.3) is 5.91 Å². The molecule has 166 valence electrons. The zero-order valence-electron chi connectivity index (χ0n) is 16.7. The number of aliphatic hydroxyl groups excluding tert-OH is 1. The number of primary amides is 1. The highest BCUT2D eigenvalue weighted by Gasteiger charge is 2.19. The molecule has 0 saturated carbocycles. The summed E-state index contributed by atoms with van der Waals surface area (Å²) in [6, 6.07) is 15.8. The first-order valence-electron chi connectivity index (χ1n) is 9.38. The van der Waals surface area contributed by atoms with Crippen LogP contribution in [0.4, 0.5) is 5.69 Å². The molecule has 3 aromatic carbocycles. The summed E-state index contributed by atoms with van der Waals surface area (Å²) in [5.41, 5.74) is 8.11. The fourth-order valence-electron chi connectivity index (χ4n) is 3.14. The highest BCUT2D eigenvalue weighted by atomic mass is 35.5. The van der Waals surface area contributed by atoms with Gasteiger partial charge in [0.15, 0.2) is 0 Å². The number of carbonyl (C=O) groups is 2. The number of carbonyl (C=O) groups excluding carboxylic acids is 2. The summed E-state index contributed by atoms with van der Waals surface area (Å²) in [7, 11) is -3.90. The summed E-state index contributed by atoms with van der Waals surface area (Å²) in [5.74, 6) is -1.29. The molecule has 0 aromatic heterocycles. The first kappa shape index (κ1) is 23.4. The maximum atomic E-state index is 12.3. The Labute approximate surface area is 189 Å². The van der Waals surface area contributed by atoms with Crippen molar-refractivity contribution < 1.29 is 23.1 Å². The average molecular weight is 474 g/mol. The number of hydrogen-bond donors (Lipinski definition) is 4. The molecule has 0 aliphatic rings. The van der Waals surface area contributed by atoms with Crippen LogP contribution in [0.15, 0.2) is 65.6 Å². The molecule has 3 rings (SSSR count). The van der Waals surface area contributed by atoms with Gasteiger partial charge in [-0.05, 0) is 53.1 Å². The Balaban J connectivity index is 2.25. The second-order valence-corrected chi connectivity index (χ2v) is 8.91. The highest BCUT2D eigenvalue weighted by Crippen LogP contribution is 2.37. The van der Waals surface area contributed by atoms with Crippen molar-refractivity contribution in [3.63, 3.8) is 0 Å². The molecular formula is C22H20ClN3O5S. The van der Waals surface area contributed by atoms with Gasteiger partial charge in [0, 0.05) is 10.6 Å². The molecule has 0 fully saturated rings.